The molecule has 0 aliphatic heterocycles. The van der Waals surface area contributed by atoms with E-state index in [1.165, 1.54) is 13.5 Å². The Morgan fingerprint density at radius 2 is 1.33 bits per heavy atom. The predicted octanol–water partition coefficient (Wildman–Crippen LogP) is 2.26. The Balaban J connectivity index is 0. The van der Waals surface area contributed by atoms with E-state index in [4.69, 9.17) is 5.73 Å². The molecule has 0 heterocycles. The van der Waals surface area contributed by atoms with E-state index in [0.29, 0.717) is 0 Å². The molecule has 0 aliphatic carbocycles. The number of benzene rings is 1. The second-order valence-corrected chi connectivity index (χ2v) is 2.12. The first kappa shape index (κ1) is 13.6. The van der Waals surface area contributed by atoms with Gasteiger partial charge in [-0.05, 0) is 19.2 Å². The summed E-state index contributed by atoms with van der Waals surface area (Å²) in [7, 11) is 1.50. The van der Waals surface area contributed by atoms with Gasteiger partial charge in [0.1, 0.15) is 0 Å². The molecule has 0 radical (unpaired) electrons. The molecular formula is C10H20N2. The van der Waals surface area contributed by atoms with Crippen molar-refractivity contribution in [3.8, 4) is 0 Å². The second kappa shape index (κ2) is 12.6. The van der Waals surface area contributed by atoms with Crippen LogP contribution in [0.25, 0.3) is 0 Å². The van der Waals surface area contributed by atoms with Crippen molar-refractivity contribution in [1.29, 1.82) is 0 Å². The van der Waals surface area contributed by atoms with Gasteiger partial charge in [0.15, 0.2) is 0 Å². The van der Waals surface area contributed by atoms with E-state index < -0.39 is 0 Å². The maximum atomic E-state index is 5.36. The van der Waals surface area contributed by atoms with Crippen LogP contribution in [-0.2, 0) is 0 Å². The average Bonchev–Trinajstić information content (AvgIpc) is 2.11. The minimum Gasteiger partial charge on any atom is -0.399 e. The molecule has 0 spiro atoms. The smallest absolute Gasteiger partial charge is 0.0313 e. The molecule has 70 valence electrons. The third-order valence-corrected chi connectivity index (χ3v) is 0.800. The highest BCUT2D eigenvalue weighted by Gasteiger charge is 1.72. The topological polar surface area (TPSA) is 52.0 Å². The Kier molecular flexibility index (Phi) is 14.3. The number of nitrogens with two attached hydrogens (primary N) is 2. The van der Waals surface area contributed by atoms with Gasteiger partial charge in [-0.25, -0.2) is 0 Å². The van der Waals surface area contributed by atoms with Crippen molar-refractivity contribution in [3.63, 3.8) is 0 Å². The number of rotatable bonds is 0. The third kappa shape index (κ3) is 11.7. The highest BCUT2D eigenvalue weighted by molar-refractivity contribution is 5.35. The summed E-state index contributed by atoms with van der Waals surface area (Å²) in [4.78, 5) is 0. The van der Waals surface area contributed by atoms with Gasteiger partial charge in [-0.15, -0.1) is 0 Å². The quantitative estimate of drug-likeness (QED) is 0.584. The lowest BCUT2D eigenvalue weighted by Gasteiger charge is -1.83. The summed E-state index contributed by atoms with van der Waals surface area (Å²) < 4.78 is 0. The minimum atomic E-state index is 0.822. The highest BCUT2D eigenvalue weighted by Crippen LogP contribution is 1.95. The fourth-order valence-corrected chi connectivity index (χ4v) is 0.453. The molecule has 4 N–H and O–H groups in total. The van der Waals surface area contributed by atoms with Gasteiger partial charge in [-0.2, -0.15) is 0 Å². The van der Waals surface area contributed by atoms with Gasteiger partial charge in [0, 0.05) is 5.69 Å². The largest absolute Gasteiger partial charge is 0.399 e. The SMILES string of the molecule is CCC.CN.Nc1ccccc1. The van der Waals surface area contributed by atoms with Crippen LogP contribution in [0.2, 0.25) is 0 Å². The summed E-state index contributed by atoms with van der Waals surface area (Å²) in [5.74, 6) is 0. The van der Waals surface area contributed by atoms with Crippen molar-refractivity contribution in [2.24, 2.45) is 5.73 Å². The van der Waals surface area contributed by atoms with Crippen molar-refractivity contribution in [2.45, 2.75) is 20.3 Å². The predicted molar refractivity (Wildman–Crippen MR) is 56.9 cm³/mol. The summed E-state index contributed by atoms with van der Waals surface area (Å²) in [6.45, 7) is 4.25. The summed E-state index contributed by atoms with van der Waals surface area (Å²) in [5, 5.41) is 0. The summed E-state index contributed by atoms with van der Waals surface area (Å²) >= 11 is 0. The standard InChI is InChI=1S/C6H7N.C3H8.CH5N/c7-6-4-2-1-3-5-6;1-3-2;1-2/h1-5H,7H2;3H2,1-2H3;2H2,1H3. The molecule has 0 amide bonds. The zero-order valence-corrected chi connectivity index (χ0v) is 8.25. The molecule has 0 fully saturated rings. The number of hydrogen-bond acceptors (Lipinski definition) is 2. The van der Waals surface area contributed by atoms with Gasteiger partial charge >= 0.3 is 0 Å². The normalized spacial score (nSPS) is 7.00. The first-order valence-corrected chi connectivity index (χ1v) is 4.19. The molecule has 0 aromatic heterocycles. The molecule has 12 heavy (non-hydrogen) atoms. The summed E-state index contributed by atoms with van der Waals surface area (Å²) in [5.41, 5.74) is 10.7. The Morgan fingerprint density at radius 1 is 1.00 bits per heavy atom. The molecule has 0 bridgehead atoms. The molecule has 1 aromatic carbocycles. The maximum absolute atomic E-state index is 5.36. The van der Waals surface area contributed by atoms with Crippen molar-refractivity contribution in [3.05, 3.63) is 30.3 Å². The molecule has 0 atom stereocenters. The highest BCUT2D eigenvalue weighted by atomic mass is 14.5. The molecule has 0 saturated carbocycles. The lowest BCUT2D eigenvalue weighted by Crippen LogP contribution is -1.79. The van der Waals surface area contributed by atoms with Gasteiger partial charge in [-0.1, -0.05) is 38.5 Å². The van der Waals surface area contributed by atoms with Crippen LogP contribution in [0.15, 0.2) is 30.3 Å². The van der Waals surface area contributed by atoms with Crippen LogP contribution in [0, 0.1) is 0 Å². The Morgan fingerprint density at radius 3 is 1.50 bits per heavy atom. The Labute approximate surface area is 75.6 Å². The van der Waals surface area contributed by atoms with Crippen LogP contribution in [0.4, 0.5) is 5.69 Å². The molecule has 0 aliphatic rings. The maximum Gasteiger partial charge on any atom is 0.0313 e. The zero-order chi connectivity index (χ0) is 9.82. The van der Waals surface area contributed by atoms with Crippen molar-refractivity contribution in [1.82, 2.24) is 0 Å². The lowest BCUT2D eigenvalue weighted by atomic mass is 10.3. The van der Waals surface area contributed by atoms with E-state index in [9.17, 15) is 0 Å². The molecule has 0 unspecified atom stereocenters. The van der Waals surface area contributed by atoms with Gasteiger partial charge in [0.2, 0.25) is 0 Å². The molecule has 2 heteroatoms. The molecule has 1 aromatic rings. The van der Waals surface area contributed by atoms with E-state index in [2.05, 4.69) is 19.6 Å². The van der Waals surface area contributed by atoms with E-state index in [-0.39, 0.29) is 0 Å². The first-order chi connectivity index (χ1) is 5.81. The fourth-order valence-electron chi connectivity index (χ4n) is 0.453. The number of para-hydroxylation sites is 1. The van der Waals surface area contributed by atoms with Gasteiger partial charge in [-0.3, -0.25) is 0 Å². The van der Waals surface area contributed by atoms with Gasteiger partial charge in [0.05, 0.1) is 0 Å². The van der Waals surface area contributed by atoms with Crippen LogP contribution in [0.5, 0.6) is 0 Å². The van der Waals surface area contributed by atoms with E-state index in [0.717, 1.165) is 5.69 Å². The van der Waals surface area contributed by atoms with Crippen LogP contribution in [-0.4, -0.2) is 7.05 Å². The van der Waals surface area contributed by atoms with Crippen LogP contribution < -0.4 is 11.5 Å². The van der Waals surface area contributed by atoms with Gasteiger partial charge < -0.3 is 11.5 Å². The summed E-state index contributed by atoms with van der Waals surface area (Å²) in [6, 6.07) is 9.49. The van der Waals surface area contributed by atoms with E-state index in [1.54, 1.807) is 0 Å². The monoisotopic (exact) mass is 168 g/mol. The Bertz CT molecular complexity index is 149. The zero-order valence-electron chi connectivity index (χ0n) is 8.25. The van der Waals surface area contributed by atoms with E-state index in [1.807, 2.05) is 30.3 Å². The molecule has 0 saturated heterocycles. The number of anilines is 1. The Hall–Kier alpha value is -1.02. The van der Waals surface area contributed by atoms with Crippen LogP contribution in [0.1, 0.15) is 20.3 Å². The molecule has 2 nitrogen and oxygen atoms in total. The minimum absolute atomic E-state index is 0.822. The molecule has 1 rings (SSSR count). The average molecular weight is 168 g/mol. The number of hydrogen-bond donors (Lipinski definition) is 2. The second-order valence-electron chi connectivity index (χ2n) is 2.12. The summed E-state index contributed by atoms with van der Waals surface area (Å²) in [6.07, 6.45) is 1.25. The first-order valence-electron chi connectivity index (χ1n) is 4.19. The van der Waals surface area contributed by atoms with E-state index >= 15 is 0 Å². The lowest BCUT2D eigenvalue weighted by molar-refractivity contribution is 1.09. The van der Waals surface area contributed by atoms with Gasteiger partial charge in [0.25, 0.3) is 0 Å². The molecular weight excluding hydrogens is 148 g/mol. The third-order valence-electron chi connectivity index (χ3n) is 0.800. The van der Waals surface area contributed by atoms with Crippen molar-refractivity contribution in [2.75, 3.05) is 12.8 Å². The van der Waals surface area contributed by atoms with Crippen molar-refractivity contribution >= 4 is 5.69 Å². The number of nitrogen functional groups attached to an aromatic ring is 1. The fraction of sp³-hybridized carbons (Fsp3) is 0.400. The van der Waals surface area contributed by atoms with Crippen LogP contribution in [0.3, 0.4) is 0 Å². The van der Waals surface area contributed by atoms with Crippen molar-refractivity contribution < 1.29 is 0 Å². The van der Waals surface area contributed by atoms with Crippen LogP contribution >= 0.6 is 0 Å².